The summed E-state index contributed by atoms with van der Waals surface area (Å²) in [6.45, 7) is 2.69. The molecule has 0 aromatic carbocycles. The molecule has 1 atom stereocenters. The van der Waals surface area contributed by atoms with Gasteiger partial charge in [-0.3, -0.25) is 9.32 Å². The molecule has 41 heavy (non-hydrogen) atoms. The van der Waals surface area contributed by atoms with Crippen molar-refractivity contribution in [2.24, 2.45) is 0 Å². The van der Waals surface area contributed by atoms with Crippen LogP contribution in [0, 0.1) is 82.9 Å². The molecule has 0 saturated carbocycles. The molecule has 2 N–H and O–H groups in total. The Morgan fingerprint density at radius 2 is 1.15 bits per heavy atom. The molecule has 0 radical (unpaired) electrons. The molecule has 0 rings (SSSR count). The van der Waals surface area contributed by atoms with E-state index in [0.29, 0.717) is 6.42 Å². The van der Waals surface area contributed by atoms with E-state index in [1.54, 1.807) is 6.92 Å². The highest BCUT2D eigenvalue weighted by molar-refractivity contribution is 7.46. The highest BCUT2D eigenvalue weighted by atomic mass is 31.2. The second kappa shape index (κ2) is 26.2. The summed E-state index contributed by atoms with van der Waals surface area (Å²) in [7, 11) is -4.82. The summed E-state index contributed by atoms with van der Waals surface area (Å²) in [6, 6.07) is 0. The van der Waals surface area contributed by atoms with Crippen molar-refractivity contribution >= 4 is 19.8 Å². The molecule has 0 aliphatic heterocycles. The molecule has 0 aromatic rings. The first-order valence-corrected chi connectivity index (χ1v) is 14.8. The lowest BCUT2D eigenvalue weighted by molar-refractivity contribution is -0.158. The molecule has 9 heteroatoms. The van der Waals surface area contributed by atoms with Crippen LogP contribution in [0.25, 0.3) is 0 Å². The fourth-order valence-corrected chi connectivity index (χ4v) is 3.32. The van der Waals surface area contributed by atoms with E-state index in [0.717, 1.165) is 19.3 Å². The molecule has 0 fully saturated rings. The van der Waals surface area contributed by atoms with Crippen LogP contribution >= 0.6 is 7.82 Å². The third kappa shape index (κ3) is 28.8. The molecule has 0 bridgehead atoms. The Kier molecular flexibility index (Phi) is 23.6. The van der Waals surface area contributed by atoms with Crippen molar-refractivity contribution < 1.29 is 37.9 Å². The van der Waals surface area contributed by atoms with Gasteiger partial charge in [0, 0.05) is 12.3 Å². The smallest absolute Gasteiger partial charge is 0.456 e. The van der Waals surface area contributed by atoms with E-state index in [9.17, 15) is 14.2 Å². The molecule has 0 aliphatic carbocycles. The van der Waals surface area contributed by atoms with Gasteiger partial charge in [0.15, 0.2) is 6.10 Å². The molecule has 0 aromatic heterocycles. The molecule has 0 saturated heterocycles. The molecule has 0 unspecified atom stereocenters. The lowest BCUT2D eigenvalue weighted by Crippen LogP contribution is -2.29. The average molecular weight is 579 g/mol. The van der Waals surface area contributed by atoms with E-state index in [-0.39, 0.29) is 6.42 Å². The predicted octanol–water partition coefficient (Wildman–Crippen LogP) is 3.91. The summed E-state index contributed by atoms with van der Waals surface area (Å²) in [4.78, 5) is 41.9. The zero-order valence-corrected chi connectivity index (χ0v) is 24.5. The maximum atomic E-state index is 12.2. The number of ether oxygens (including phenoxy) is 2. The van der Waals surface area contributed by atoms with Crippen molar-refractivity contribution in [2.75, 3.05) is 13.2 Å². The first-order valence-electron chi connectivity index (χ1n) is 13.3. The maximum Gasteiger partial charge on any atom is 0.469 e. The van der Waals surface area contributed by atoms with E-state index >= 15 is 0 Å². The number of hydrogen-bond acceptors (Lipinski definition) is 6. The Hall–Kier alpha value is -4.03. The number of carbonyl (C=O) groups is 2. The quantitative estimate of drug-likeness (QED) is 0.0877. The van der Waals surface area contributed by atoms with Crippen molar-refractivity contribution in [3.8, 4) is 82.9 Å². The monoisotopic (exact) mass is 578 g/mol. The van der Waals surface area contributed by atoms with Crippen LogP contribution in [-0.2, 0) is 28.2 Å². The Balaban J connectivity index is 4.55. The molecule has 0 spiro atoms. The van der Waals surface area contributed by atoms with Gasteiger partial charge < -0.3 is 19.3 Å². The fraction of sp³-hybridized carbons (Fsp3) is 0.500. The van der Waals surface area contributed by atoms with Crippen molar-refractivity contribution in [3.05, 3.63) is 0 Å². The topological polar surface area (TPSA) is 119 Å². The second-order valence-corrected chi connectivity index (χ2v) is 9.54. The second-order valence-electron chi connectivity index (χ2n) is 8.30. The lowest BCUT2D eigenvalue weighted by Gasteiger charge is -2.17. The standard InChI is InChI=1S/C32H35O8P/c1-3-5-7-9-11-13-15-16-17-19-20-22-24-26-31(33)38-28-30(29-39-41(35,36)37)40-32(34)27-25-23-21-18-14-12-10-8-6-4-2/h30H,4,6,8,10,12,14,18,21,23,25,27-29H2,1-2H3,(H2,35,36,37)/t30-/m1/s1. The molecule has 216 valence electrons. The Bertz CT molecular complexity index is 1310. The fourth-order valence-electron chi connectivity index (χ4n) is 2.96. The third-order valence-corrected chi connectivity index (χ3v) is 5.32. The molecule has 8 nitrogen and oxygen atoms in total. The summed E-state index contributed by atoms with van der Waals surface area (Å²) in [6.07, 6.45) is 9.99. The number of phosphoric acid groups is 1. The number of rotatable bonds is 17. The van der Waals surface area contributed by atoms with Crippen LogP contribution in [0.3, 0.4) is 0 Å². The van der Waals surface area contributed by atoms with Gasteiger partial charge in [-0.1, -0.05) is 70.6 Å². The minimum Gasteiger partial charge on any atom is -0.456 e. The highest BCUT2D eigenvalue weighted by Crippen LogP contribution is 2.35. The van der Waals surface area contributed by atoms with Crippen LogP contribution in [0.5, 0.6) is 0 Å². The average Bonchev–Trinajstić information content (AvgIpc) is 2.93. The summed E-state index contributed by atoms with van der Waals surface area (Å²) in [5.41, 5.74) is 0. The zero-order chi connectivity index (χ0) is 30.4. The van der Waals surface area contributed by atoms with Crippen LogP contribution in [-0.4, -0.2) is 41.0 Å². The lowest BCUT2D eigenvalue weighted by atomic mass is 10.1. The maximum absolute atomic E-state index is 12.2. The molecule has 0 aliphatic rings. The van der Waals surface area contributed by atoms with E-state index in [2.05, 4.69) is 94.3 Å². The van der Waals surface area contributed by atoms with Crippen molar-refractivity contribution in [2.45, 2.75) is 90.6 Å². The molecule has 0 heterocycles. The van der Waals surface area contributed by atoms with Crippen molar-refractivity contribution in [1.29, 1.82) is 0 Å². The zero-order valence-electron chi connectivity index (χ0n) is 23.6. The van der Waals surface area contributed by atoms with Gasteiger partial charge in [-0.05, 0) is 84.4 Å². The Morgan fingerprint density at radius 3 is 1.63 bits per heavy atom. The van der Waals surface area contributed by atoms with E-state index in [1.807, 2.05) is 0 Å². The summed E-state index contributed by atoms with van der Waals surface area (Å²) in [5, 5.41) is 0. The highest BCUT2D eigenvalue weighted by Gasteiger charge is 2.22. The predicted molar refractivity (Wildman–Crippen MR) is 155 cm³/mol. The van der Waals surface area contributed by atoms with E-state index < -0.39 is 39.1 Å². The van der Waals surface area contributed by atoms with Crippen molar-refractivity contribution in [1.82, 2.24) is 0 Å². The SMILES string of the molecule is CC#CC#CC#CC#CC#CC#CC#CC(=O)OC[C@H](COP(=O)(O)O)OC(=O)CCCCCCCCCCCC. The molecular formula is C32H35O8P. The van der Waals surface area contributed by atoms with Gasteiger partial charge in [-0.2, -0.15) is 0 Å². The van der Waals surface area contributed by atoms with Crippen LogP contribution in [0.4, 0.5) is 0 Å². The largest absolute Gasteiger partial charge is 0.469 e. The van der Waals surface area contributed by atoms with E-state index in [1.165, 1.54) is 38.5 Å². The van der Waals surface area contributed by atoms with Gasteiger partial charge in [0.05, 0.1) is 6.61 Å². The number of esters is 2. The van der Waals surface area contributed by atoms with Gasteiger partial charge in [0.25, 0.3) is 0 Å². The summed E-state index contributed by atoms with van der Waals surface area (Å²) < 4.78 is 25.5. The molecular weight excluding hydrogens is 543 g/mol. The van der Waals surface area contributed by atoms with Crippen LogP contribution < -0.4 is 0 Å². The van der Waals surface area contributed by atoms with Gasteiger partial charge in [0.2, 0.25) is 0 Å². The minimum atomic E-state index is -4.82. The first-order chi connectivity index (χ1) is 19.8. The Morgan fingerprint density at radius 1 is 0.683 bits per heavy atom. The van der Waals surface area contributed by atoms with E-state index in [4.69, 9.17) is 19.3 Å². The number of unbranched alkanes of at least 4 members (excludes halogenated alkanes) is 9. The number of hydrogen-bond donors (Lipinski definition) is 2. The molecule has 0 amide bonds. The first kappa shape index (κ1) is 37.0. The van der Waals surface area contributed by atoms with Crippen LogP contribution in [0.15, 0.2) is 0 Å². The Labute approximate surface area is 244 Å². The van der Waals surface area contributed by atoms with Crippen LogP contribution in [0.2, 0.25) is 0 Å². The van der Waals surface area contributed by atoms with Gasteiger partial charge in [-0.15, -0.1) is 0 Å². The van der Waals surface area contributed by atoms with Gasteiger partial charge in [-0.25, -0.2) is 9.36 Å². The summed E-state index contributed by atoms with van der Waals surface area (Å²) >= 11 is 0. The number of phosphoric ester groups is 1. The normalized spacial score (nSPS) is 9.66. The minimum absolute atomic E-state index is 0.131. The van der Waals surface area contributed by atoms with Gasteiger partial charge in [0.1, 0.15) is 6.61 Å². The van der Waals surface area contributed by atoms with Crippen LogP contribution in [0.1, 0.15) is 84.5 Å². The third-order valence-electron chi connectivity index (χ3n) is 4.84. The number of carbonyl (C=O) groups excluding carboxylic acids is 2. The van der Waals surface area contributed by atoms with Crippen molar-refractivity contribution in [3.63, 3.8) is 0 Å². The van der Waals surface area contributed by atoms with Gasteiger partial charge >= 0.3 is 19.8 Å². The summed E-state index contributed by atoms with van der Waals surface area (Å²) in [5.74, 6) is 32.2.